The van der Waals surface area contributed by atoms with Crippen LogP contribution >= 0.6 is 0 Å². The Morgan fingerprint density at radius 3 is 2.43 bits per heavy atom. The molecule has 2 aromatic rings. The van der Waals surface area contributed by atoms with Crippen LogP contribution in [0.1, 0.15) is 31.4 Å². The first kappa shape index (κ1) is 13.8. The minimum Gasteiger partial charge on any atom is -0.508 e. The zero-order chi connectivity index (χ0) is 14.7. The highest BCUT2D eigenvalue weighted by Crippen LogP contribution is 2.25. The highest BCUT2D eigenvalue weighted by Gasteiger charge is 2.12. The average molecular weight is 282 g/mol. The summed E-state index contributed by atoms with van der Waals surface area (Å²) in [5.74, 6) is 0.311. The van der Waals surface area contributed by atoms with Crippen LogP contribution in [0.5, 0.6) is 5.75 Å². The fourth-order valence-corrected chi connectivity index (χ4v) is 2.87. The molecule has 0 bridgehead atoms. The number of rotatable bonds is 4. The molecule has 1 aliphatic rings. The van der Waals surface area contributed by atoms with Gasteiger partial charge in [-0.25, -0.2) is 0 Å². The molecule has 1 atom stereocenters. The first-order valence-electron chi connectivity index (χ1n) is 7.63. The number of nitrogens with zero attached hydrogens (tertiary/aromatic N) is 1. The van der Waals surface area contributed by atoms with E-state index in [2.05, 4.69) is 41.4 Å². The van der Waals surface area contributed by atoms with E-state index in [9.17, 15) is 5.11 Å². The summed E-state index contributed by atoms with van der Waals surface area (Å²) in [4.78, 5) is 2.43. The molecule has 0 aliphatic carbocycles. The molecule has 0 spiro atoms. The van der Waals surface area contributed by atoms with Crippen molar-refractivity contribution in [1.82, 2.24) is 0 Å². The van der Waals surface area contributed by atoms with E-state index >= 15 is 0 Å². The van der Waals surface area contributed by atoms with Crippen LogP contribution in [-0.2, 0) is 0 Å². The van der Waals surface area contributed by atoms with Crippen molar-refractivity contribution in [1.29, 1.82) is 0 Å². The van der Waals surface area contributed by atoms with Crippen LogP contribution < -0.4 is 10.2 Å². The fraction of sp³-hybridized carbons (Fsp3) is 0.333. The van der Waals surface area contributed by atoms with Crippen molar-refractivity contribution >= 4 is 11.4 Å². The number of anilines is 2. The number of phenolic OH excluding ortho intramolecular Hbond substituents is 1. The molecular weight excluding hydrogens is 260 g/mol. The molecular formula is C18H22N2O. The van der Waals surface area contributed by atoms with Crippen molar-refractivity contribution in [2.75, 3.05) is 23.3 Å². The lowest BCUT2D eigenvalue weighted by Gasteiger charge is -2.19. The Morgan fingerprint density at radius 1 is 1.05 bits per heavy atom. The van der Waals surface area contributed by atoms with Gasteiger partial charge in [-0.1, -0.05) is 12.1 Å². The van der Waals surface area contributed by atoms with Gasteiger partial charge in [0.15, 0.2) is 0 Å². The van der Waals surface area contributed by atoms with Crippen LogP contribution in [0, 0.1) is 0 Å². The van der Waals surface area contributed by atoms with Gasteiger partial charge in [-0.2, -0.15) is 0 Å². The van der Waals surface area contributed by atoms with Gasteiger partial charge in [-0.05, 0) is 61.7 Å². The molecule has 2 N–H and O–H groups in total. The maximum absolute atomic E-state index is 9.55. The molecule has 1 aliphatic heterocycles. The summed E-state index contributed by atoms with van der Waals surface area (Å²) in [7, 11) is 0. The van der Waals surface area contributed by atoms with Gasteiger partial charge in [-0.3, -0.25) is 0 Å². The standard InChI is InChI=1S/C18H22N2O/c1-14(15-5-4-6-18(21)13-15)19-16-7-9-17(10-8-16)20-11-2-3-12-20/h4-10,13-14,19,21H,2-3,11-12H2,1H3. The largest absolute Gasteiger partial charge is 0.508 e. The number of nitrogens with one attached hydrogen (secondary N) is 1. The molecule has 1 unspecified atom stereocenters. The Kier molecular flexibility index (Phi) is 4.00. The van der Waals surface area contributed by atoms with Gasteiger partial charge in [-0.15, -0.1) is 0 Å². The third-order valence-corrected chi connectivity index (χ3v) is 4.09. The quantitative estimate of drug-likeness (QED) is 0.883. The molecule has 3 heteroatoms. The van der Waals surface area contributed by atoms with Crippen LogP contribution in [0.15, 0.2) is 48.5 Å². The highest BCUT2D eigenvalue weighted by atomic mass is 16.3. The molecule has 3 rings (SSSR count). The number of phenols is 1. The number of benzene rings is 2. The zero-order valence-corrected chi connectivity index (χ0v) is 12.4. The predicted octanol–water partition coefficient (Wildman–Crippen LogP) is 4.17. The molecule has 1 heterocycles. The summed E-state index contributed by atoms with van der Waals surface area (Å²) < 4.78 is 0. The second kappa shape index (κ2) is 6.08. The Hall–Kier alpha value is -2.16. The van der Waals surface area contributed by atoms with Crippen molar-refractivity contribution in [2.24, 2.45) is 0 Å². The van der Waals surface area contributed by atoms with Crippen LogP contribution in [0.2, 0.25) is 0 Å². The molecule has 110 valence electrons. The van der Waals surface area contributed by atoms with Gasteiger partial charge in [0, 0.05) is 30.5 Å². The van der Waals surface area contributed by atoms with Crippen LogP contribution in [0.25, 0.3) is 0 Å². The Balaban J connectivity index is 1.67. The Morgan fingerprint density at radius 2 is 1.76 bits per heavy atom. The molecule has 0 amide bonds. The van der Waals surface area contributed by atoms with E-state index in [-0.39, 0.29) is 6.04 Å². The van der Waals surface area contributed by atoms with Crippen LogP contribution in [0.3, 0.4) is 0 Å². The highest BCUT2D eigenvalue weighted by molar-refractivity contribution is 5.56. The smallest absolute Gasteiger partial charge is 0.115 e. The van der Waals surface area contributed by atoms with Crippen LogP contribution in [-0.4, -0.2) is 18.2 Å². The lowest BCUT2D eigenvalue weighted by molar-refractivity contribution is 0.474. The van der Waals surface area contributed by atoms with Crippen LogP contribution in [0.4, 0.5) is 11.4 Å². The lowest BCUT2D eigenvalue weighted by atomic mass is 10.1. The summed E-state index contributed by atoms with van der Waals surface area (Å²) in [6.45, 7) is 4.45. The van der Waals surface area contributed by atoms with E-state index in [4.69, 9.17) is 0 Å². The van der Waals surface area contributed by atoms with E-state index in [0.29, 0.717) is 5.75 Å². The van der Waals surface area contributed by atoms with Gasteiger partial charge in [0.2, 0.25) is 0 Å². The van der Waals surface area contributed by atoms with Crippen molar-refractivity contribution in [3.05, 3.63) is 54.1 Å². The number of hydrogen-bond donors (Lipinski definition) is 2. The minimum absolute atomic E-state index is 0.162. The van der Waals surface area contributed by atoms with Crippen molar-refractivity contribution < 1.29 is 5.11 Å². The summed E-state index contributed by atoms with van der Waals surface area (Å²) in [6, 6.07) is 16.2. The molecule has 0 radical (unpaired) electrons. The third-order valence-electron chi connectivity index (χ3n) is 4.09. The normalized spacial score (nSPS) is 16.0. The van der Waals surface area contributed by atoms with Gasteiger partial charge >= 0.3 is 0 Å². The third kappa shape index (κ3) is 3.30. The monoisotopic (exact) mass is 282 g/mol. The van der Waals surface area contributed by atoms with E-state index in [1.807, 2.05) is 12.1 Å². The fourth-order valence-electron chi connectivity index (χ4n) is 2.87. The molecule has 21 heavy (non-hydrogen) atoms. The van der Waals surface area contributed by atoms with Crippen molar-refractivity contribution in [3.8, 4) is 5.75 Å². The SMILES string of the molecule is CC(Nc1ccc(N2CCCC2)cc1)c1cccc(O)c1. The maximum atomic E-state index is 9.55. The van der Waals surface area contributed by atoms with Gasteiger partial charge < -0.3 is 15.3 Å². The Bertz CT molecular complexity index is 588. The lowest BCUT2D eigenvalue weighted by Crippen LogP contribution is -2.17. The summed E-state index contributed by atoms with van der Waals surface area (Å²) in [6.07, 6.45) is 2.60. The first-order chi connectivity index (χ1) is 10.2. The maximum Gasteiger partial charge on any atom is 0.115 e. The second-order valence-corrected chi connectivity index (χ2v) is 5.70. The molecule has 1 fully saturated rings. The molecule has 0 saturated carbocycles. The van der Waals surface area contributed by atoms with E-state index in [1.54, 1.807) is 12.1 Å². The minimum atomic E-state index is 0.162. The average Bonchev–Trinajstić information content (AvgIpc) is 3.02. The molecule has 3 nitrogen and oxygen atoms in total. The predicted molar refractivity (Wildman–Crippen MR) is 88.0 cm³/mol. The van der Waals surface area contributed by atoms with E-state index in [0.717, 1.165) is 11.3 Å². The molecule has 1 saturated heterocycles. The van der Waals surface area contributed by atoms with Crippen molar-refractivity contribution in [3.63, 3.8) is 0 Å². The number of aromatic hydroxyl groups is 1. The van der Waals surface area contributed by atoms with E-state index in [1.165, 1.54) is 31.6 Å². The van der Waals surface area contributed by atoms with E-state index < -0.39 is 0 Å². The summed E-state index contributed by atoms with van der Waals surface area (Å²) in [5, 5.41) is 13.0. The Labute approximate surface area is 126 Å². The summed E-state index contributed by atoms with van der Waals surface area (Å²) in [5.41, 5.74) is 3.50. The van der Waals surface area contributed by atoms with Gasteiger partial charge in [0.25, 0.3) is 0 Å². The summed E-state index contributed by atoms with van der Waals surface area (Å²) >= 11 is 0. The van der Waals surface area contributed by atoms with Gasteiger partial charge in [0.05, 0.1) is 0 Å². The van der Waals surface area contributed by atoms with Crippen molar-refractivity contribution in [2.45, 2.75) is 25.8 Å². The second-order valence-electron chi connectivity index (χ2n) is 5.70. The molecule has 2 aromatic carbocycles. The number of hydrogen-bond acceptors (Lipinski definition) is 3. The topological polar surface area (TPSA) is 35.5 Å². The first-order valence-corrected chi connectivity index (χ1v) is 7.63. The van der Waals surface area contributed by atoms with Gasteiger partial charge in [0.1, 0.15) is 5.75 Å². The molecule has 0 aromatic heterocycles. The zero-order valence-electron chi connectivity index (χ0n) is 12.4.